The fourth-order valence-corrected chi connectivity index (χ4v) is 2.03. The molecule has 0 atom stereocenters. The van der Waals surface area contributed by atoms with Crippen molar-refractivity contribution >= 4 is 0 Å². The van der Waals surface area contributed by atoms with Crippen molar-refractivity contribution in [3.8, 4) is 0 Å². The molecule has 0 fully saturated rings. The lowest BCUT2D eigenvalue weighted by molar-refractivity contribution is 0.0153. The first kappa shape index (κ1) is 21.2. The van der Waals surface area contributed by atoms with Gasteiger partial charge in [0.25, 0.3) is 0 Å². The molecule has 0 aliphatic rings. The first-order valence-corrected chi connectivity index (χ1v) is 8.66. The van der Waals surface area contributed by atoms with Crippen LogP contribution in [-0.2, 0) is 14.2 Å². The Kier molecular flexibility index (Phi) is 19.4. The van der Waals surface area contributed by atoms with Crippen molar-refractivity contribution in [3.63, 3.8) is 0 Å². The highest BCUT2D eigenvalue weighted by molar-refractivity contribution is 4.46. The number of nitrogens with zero attached hydrogens (tertiary/aromatic N) is 3. The highest BCUT2D eigenvalue weighted by Gasteiger charge is 1.93. The SMILES string of the molecule is CCCCCCCCCCOCCOCCOCCN=[N+]=[N-]. The van der Waals surface area contributed by atoms with E-state index in [2.05, 4.69) is 16.9 Å². The minimum absolute atomic E-state index is 0.373. The molecule has 22 heavy (non-hydrogen) atoms. The van der Waals surface area contributed by atoms with Crippen LogP contribution in [0.25, 0.3) is 10.4 Å². The van der Waals surface area contributed by atoms with Crippen LogP contribution >= 0.6 is 0 Å². The van der Waals surface area contributed by atoms with Crippen LogP contribution in [0, 0.1) is 0 Å². The molecular formula is C16H33N3O3. The molecule has 0 aliphatic heterocycles. The van der Waals surface area contributed by atoms with E-state index in [1.165, 1.54) is 44.9 Å². The summed E-state index contributed by atoms with van der Waals surface area (Å²) in [5, 5.41) is 3.37. The maximum absolute atomic E-state index is 8.07. The van der Waals surface area contributed by atoms with E-state index in [4.69, 9.17) is 19.7 Å². The molecular weight excluding hydrogens is 282 g/mol. The van der Waals surface area contributed by atoms with Crippen LogP contribution in [0.1, 0.15) is 58.3 Å². The second-order valence-corrected chi connectivity index (χ2v) is 5.27. The van der Waals surface area contributed by atoms with E-state index >= 15 is 0 Å². The fraction of sp³-hybridized carbons (Fsp3) is 1.00. The summed E-state index contributed by atoms with van der Waals surface area (Å²) in [4.78, 5) is 2.64. The summed E-state index contributed by atoms with van der Waals surface area (Å²) in [6, 6.07) is 0. The zero-order valence-corrected chi connectivity index (χ0v) is 14.2. The number of azide groups is 1. The van der Waals surface area contributed by atoms with Crippen molar-refractivity contribution in [2.75, 3.05) is 46.2 Å². The standard InChI is InChI=1S/C16H33N3O3/c1-2-3-4-5-6-7-8-9-11-20-13-15-22-16-14-21-12-10-18-19-17/h2-16H2,1H3. The molecule has 0 saturated heterocycles. The first-order chi connectivity index (χ1) is 10.9. The Morgan fingerprint density at radius 1 is 0.682 bits per heavy atom. The zero-order chi connectivity index (χ0) is 16.1. The minimum Gasteiger partial charge on any atom is -0.379 e. The van der Waals surface area contributed by atoms with Crippen LogP contribution in [0.2, 0.25) is 0 Å². The van der Waals surface area contributed by atoms with Crippen LogP contribution in [0.15, 0.2) is 5.11 Å². The van der Waals surface area contributed by atoms with Crippen LogP contribution in [0.5, 0.6) is 0 Å². The predicted octanol–water partition coefficient (Wildman–Crippen LogP) is 4.49. The lowest BCUT2D eigenvalue weighted by Gasteiger charge is -2.06. The maximum Gasteiger partial charge on any atom is 0.0701 e. The lowest BCUT2D eigenvalue weighted by atomic mass is 10.1. The summed E-state index contributed by atoms with van der Waals surface area (Å²) in [7, 11) is 0. The zero-order valence-electron chi connectivity index (χ0n) is 14.2. The summed E-state index contributed by atoms with van der Waals surface area (Å²) in [6.45, 7) is 6.24. The van der Waals surface area contributed by atoms with Gasteiger partial charge in [-0.3, -0.25) is 0 Å². The minimum atomic E-state index is 0.373. The number of hydrogen-bond acceptors (Lipinski definition) is 4. The number of rotatable bonds is 18. The molecule has 0 aromatic rings. The largest absolute Gasteiger partial charge is 0.379 e. The summed E-state index contributed by atoms with van der Waals surface area (Å²) in [5.74, 6) is 0. The Morgan fingerprint density at radius 2 is 1.18 bits per heavy atom. The van der Waals surface area contributed by atoms with Gasteiger partial charge in [-0.25, -0.2) is 0 Å². The smallest absolute Gasteiger partial charge is 0.0701 e. The summed E-state index contributed by atoms with van der Waals surface area (Å²) in [6.07, 6.45) is 10.6. The quantitative estimate of drug-likeness (QED) is 0.162. The molecule has 0 aromatic heterocycles. The molecule has 0 aliphatic carbocycles. The van der Waals surface area contributed by atoms with Crippen molar-refractivity contribution in [2.45, 2.75) is 58.3 Å². The lowest BCUT2D eigenvalue weighted by Crippen LogP contribution is -2.10. The molecule has 0 saturated carbocycles. The highest BCUT2D eigenvalue weighted by Crippen LogP contribution is 2.08. The normalized spacial score (nSPS) is 10.6. The summed E-state index contributed by atoms with van der Waals surface area (Å²) in [5.41, 5.74) is 8.07. The molecule has 0 radical (unpaired) electrons. The van der Waals surface area contributed by atoms with Crippen LogP contribution in [-0.4, -0.2) is 46.2 Å². The van der Waals surface area contributed by atoms with Gasteiger partial charge in [0.2, 0.25) is 0 Å². The van der Waals surface area contributed by atoms with Gasteiger partial charge in [0, 0.05) is 18.1 Å². The summed E-state index contributed by atoms with van der Waals surface area (Å²) < 4.78 is 16.1. The van der Waals surface area contributed by atoms with Crippen LogP contribution in [0.3, 0.4) is 0 Å². The molecule has 0 amide bonds. The van der Waals surface area contributed by atoms with E-state index in [-0.39, 0.29) is 0 Å². The van der Waals surface area contributed by atoms with Crippen LogP contribution < -0.4 is 0 Å². The Labute approximate surface area is 135 Å². The van der Waals surface area contributed by atoms with Crippen molar-refractivity contribution < 1.29 is 14.2 Å². The van der Waals surface area contributed by atoms with Crippen molar-refractivity contribution in [2.24, 2.45) is 5.11 Å². The molecule has 0 spiro atoms. The Balaban J connectivity index is 2.95. The molecule has 0 heterocycles. The van der Waals surface area contributed by atoms with Crippen molar-refractivity contribution in [1.82, 2.24) is 0 Å². The van der Waals surface area contributed by atoms with Crippen molar-refractivity contribution in [3.05, 3.63) is 10.4 Å². The third-order valence-corrected chi connectivity index (χ3v) is 3.29. The Bertz CT molecular complexity index is 259. The van der Waals surface area contributed by atoms with E-state index < -0.39 is 0 Å². The second kappa shape index (κ2) is 20.2. The number of unbranched alkanes of at least 4 members (excludes halogenated alkanes) is 7. The van der Waals surface area contributed by atoms with Gasteiger partial charge in [0.15, 0.2) is 0 Å². The first-order valence-electron chi connectivity index (χ1n) is 8.66. The molecule has 0 bridgehead atoms. The third-order valence-electron chi connectivity index (χ3n) is 3.29. The van der Waals surface area contributed by atoms with Gasteiger partial charge in [-0.05, 0) is 12.0 Å². The third kappa shape index (κ3) is 19.2. The van der Waals surface area contributed by atoms with Gasteiger partial charge in [-0.2, -0.15) is 0 Å². The van der Waals surface area contributed by atoms with Gasteiger partial charge in [-0.1, -0.05) is 57.0 Å². The molecule has 0 rings (SSSR count). The molecule has 6 nitrogen and oxygen atoms in total. The van der Waals surface area contributed by atoms with E-state index in [0.29, 0.717) is 39.6 Å². The van der Waals surface area contributed by atoms with E-state index in [1.807, 2.05) is 0 Å². The van der Waals surface area contributed by atoms with Gasteiger partial charge in [-0.15, -0.1) is 0 Å². The predicted molar refractivity (Wildman–Crippen MR) is 89.1 cm³/mol. The fourth-order valence-electron chi connectivity index (χ4n) is 2.03. The maximum atomic E-state index is 8.07. The van der Waals surface area contributed by atoms with Gasteiger partial charge in [0.05, 0.1) is 33.0 Å². The van der Waals surface area contributed by atoms with E-state index in [9.17, 15) is 0 Å². The summed E-state index contributed by atoms with van der Waals surface area (Å²) >= 11 is 0. The molecule has 0 N–H and O–H groups in total. The molecule has 6 heteroatoms. The second-order valence-electron chi connectivity index (χ2n) is 5.27. The van der Waals surface area contributed by atoms with Crippen LogP contribution in [0.4, 0.5) is 0 Å². The van der Waals surface area contributed by atoms with E-state index in [1.54, 1.807) is 0 Å². The number of ether oxygens (including phenoxy) is 3. The Hall–Kier alpha value is -0.810. The van der Waals surface area contributed by atoms with Gasteiger partial charge < -0.3 is 14.2 Å². The van der Waals surface area contributed by atoms with Crippen molar-refractivity contribution in [1.29, 1.82) is 0 Å². The Morgan fingerprint density at radius 3 is 1.77 bits per heavy atom. The topological polar surface area (TPSA) is 76.5 Å². The highest BCUT2D eigenvalue weighted by atomic mass is 16.5. The average molecular weight is 315 g/mol. The average Bonchev–Trinajstić information content (AvgIpc) is 2.54. The molecule has 130 valence electrons. The monoisotopic (exact) mass is 315 g/mol. The van der Waals surface area contributed by atoms with E-state index in [0.717, 1.165) is 13.0 Å². The number of hydrogen-bond donors (Lipinski definition) is 0. The molecule has 0 aromatic carbocycles. The van der Waals surface area contributed by atoms with Gasteiger partial charge in [0.1, 0.15) is 0 Å². The van der Waals surface area contributed by atoms with Gasteiger partial charge >= 0.3 is 0 Å². The molecule has 0 unspecified atom stereocenters.